The molecule has 3 nitrogen and oxygen atoms in total. The van der Waals surface area contributed by atoms with Gasteiger partial charge in [-0.3, -0.25) is 4.79 Å². The average molecular weight is 228 g/mol. The summed E-state index contributed by atoms with van der Waals surface area (Å²) in [6, 6.07) is 9.71. The predicted octanol–water partition coefficient (Wildman–Crippen LogP) is 2.85. The summed E-state index contributed by atoms with van der Waals surface area (Å²) in [4.78, 5) is 15.3. The number of amides is 1. The summed E-state index contributed by atoms with van der Waals surface area (Å²) in [5.41, 5.74) is 7.63. The molecule has 0 saturated carbocycles. The van der Waals surface area contributed by atoms with Crippen LogP contribution in [0.3, 0.4) is 0 Å². The summed E-state index contributed by atoms with van der Waals surface area (Å²) in [7, 11) is 0. The molecular formula is C14H16N2O. The lowest BCUT2D eigenvalue weighted by molar-refractivity contribution is 0.0996. The fraction of sp³-hybridized carbons (Fsp3) is 0.286. The van der Waals surface area contributed by atoms with E-state index in [4.69, 9.17) is 5.73 Å². The first-order valence-corrected chi connectivity index (χ1v) is 5.82. The molecule has 0 fully saturated rings. The van der Waals surface area contributed by atoms with Crippen LogP contribution in [0.25, 0.3) is 10.9 Å². The Morgan fingerprint density at radius 2 is 2.12 bits per heavy atom. The van der Waals surface area contributed by atoms with E-state index in [1.807, 2.05) is 12.1 Å². The standard InChI is InChI=1S/C14H16N2O/c1-3-9(2)10-4-6-12-11(8-10)5-7-13(16-12)14(15)17/h4-9H,3H2,1-2H3,(H2,15,17). The van der Waals surface area contributed by atoms with Gasteiger partial charge in [0.05, 0.1) is 5.52 Å². The molecule has 1 atom stereocenters. The molecule has 88 valence electrons. The van der Waals surface area contributed by atoms with Gasteiger partial charge in [-0.25, -0.2) is 4.98 Å². The number of hydrogen-bond acceptors (Lipinski definition) is 2. The summed E-state index contributed by atoms with van der Waals surface area (Å²) >= 11 is 0. The number of carbonyl (C=O) groups excluding carboxylic acids is 1. The number of aromatic nitrogens is 1. The van der Waals surface area contributed by atoms with E-state index >= 15 is 0 Å². The first-order chi connectivity index (χ1) is 8.11. The Balaban J connectivity index is 2.50. The molecule has 3 heteroatoms. The second-order valence-electron chi connectivity index (χ2n) is 4.32. The Morgan fingerprint density at radius 3 is 2.76 bits per heavy atom. The van der Waals surface area contributed by atoms with Crippen LogP contribution in [0.15, 0.2) is 30.3 Å². The molecule has 0 radical (unpaired) electrons. The highest BCUT2D eigenvalue weighted by Crippen LogP contribution is 2.22. The largest absolute Gasteiger partial charge is 0.364 e. The first-order valence-electron chi connectivity index (χ1n) is 5.82. The van der Waals surface area contributed by atoms with Crippen molar-refractivity contribution < 1.29 is 4.79 Å². The molecule has 0 aliphatic rings. The number of rotatable bonds is 3. The van der Waals surface area contributed by atoms with E-state index in [0.29, 0.717) is 11.6 Å². The van der Waals surface area contributed by atoms with Crippen LogP contribution in [-0.2, 0) is 0 Å². The van der Waals surface area contributed by atoms with Crippen molar-refractivity contribution in [1.82, 2.24) is 4.98 Å². The monoisotopic (exact) mass is 228 g/mol. The van der Waals surface area contributed by atoms with Crippen LogP contribution in [0.5, 0.6) is 0 Å². The molecule has 0 aliphatic heterocycles. The van der Waals surface area contributed by atoms with E-state index in [1.165, 1.54) is 5.56 Å². The van der Waals surface area contributed by atoms with E-state index in [0.717, 1.165) is 17.3 Å². The minimum Gasteiger partial charge on any atom is -0.364 e. The maximum atomic E-state index is 11.0. The van der Waals surface area contributed by atoms with Gasteiger partial charge in [-0.1, -0.05) is 26.0 Å². The van der Waals surface area contributed by atoms with E-state index in [9.17, 15) is 4.79 Å². The second kappa shape index (κ2) is 4.53. The van der Waals surface area contributed by atoms with E-state index in [1.54, 1.807) is 6.07 Å². The molecular weight excluding hydrogens is 212 g/mol. The summed E-state index contributed by atoms with van der Waals surface area (Å²) in [6.45, 7) is 4.37. The molecule has 2 aromatic rings. The number of fused-ring (bicyclic) bond motifs is 1. The zero-order valence-corrected chi connectivity index (χ0v) is 10.1. The van der Waals surface area contributed by atoms with Gasteiger partial charge in [-0.2, -0.15) is 0 Å². The fourth-order valence-electron chi connectivity index (χ4n) is 1.82. The van der Waals surface area contributed by atoms with Gasteiger partial charge in [0.15, 0.2) is 0 Å². The molecule has 0 bridgehead atoms. The van der Waals surface area contributed by atoms with Crippen LogP contribution in [-0.4, -0.2) is 10.9 Å². The van der Waals surface area contributed by atoms with E-state index in [-0.39, 0.29) is 0 Å². The number of pyridine rings is 1. The van der Waals surface area contributed by atoms with Gasteiger partial charge < -0.3 is 5.73 Å². The third kappa shape index (κ3) is 2.28. The number of nitrogens with two attached hydrogens (primary N) is 1. The fourth-order valence-corrected chi connectivity index (χ4v) is 1.82. The zero-order valence-electron chi connectivity index (χ0n) is 10.1. The van der Waals surface area contributed by atoms with Crippen LogP contribution in [0.4, 0.5) is 0 Å². The van der Waals surface area contributed by atoms with Gasteiger partial charge in [0.25, 0.3) is 5.91 Å². The smallest absolute Gasteiger partial charge is 0.267 e. The van der Waals surface area contributed by atoms with Crippen molar-refractivity contribution in [2.24, 2.45) is 5.73 Å². The molecule has 0 spiro atoms. The maximum Gasteiger partial charge on any atom is 0.267 e. The van der Waals surface area contributed by atoms with Crippen molar-refractivity contribution in [2.45, 2.75) is 26.2 Å². The summed E-state index contributed by atoms with van der Waals surface area (Å²) < 4.78 is 0. The van der Waals surface area contributed by atoms with Crippen LogP contribution < -0.4 is 5.73 Å². The Kier molecular flexibility index (Phi) is 3.09. The Hall–Kier alpha value is -1.90. The molecule has 0 saturated heterocycles. The first kappa shape index (κ1) is 11.6. The number of primary amides is 1. The minimum absolute atomic E-state index is 0.314. The number of hydrogen-bond donors (Lipinski definition) is 1. The lowest BCUT2D eigenvalue weighted by Gasteiger charge is -2.09. The average Bonchev–Trinajstić information content (AvgIpc) is 2.36. The van der Waals surface area contributed by atoms with Crippen molar-refractivity contribution in [3.63, 3.8) is 0 Å². The molecule has 2 rings (SSSR count). The third-order valence-corrected chi connectivity index (χ3v) is 3.15. The van der Waals surface area contributed by atoms with Crippen molar-refractivity contribution in [1.29, 1.82) is 0 Å². The predicted molar refractivity (Wildman–Crippen MR) is 69.0 cm³/mol. The van der Waals surface area contributed by atoms with Gasteiger partial charge in [0.1, 0.15) is 5.69 Å². The molecule has 1 heterocycles. The Bertz CT molecular complexity index is 563. The molecule has 1 aromatic heterocycles. The van der Waals surface area contributed by atoms with Crippen molar-refractivity contribution in [3.05, 3.63) is 41.6 Å². The highest BCUT2D eigenvalue weighted by atomic mass is 16.1. The van der Waals surface area contributed by atoms with Crippen LogP contribution >= 0.6 is 0 Å². The van der Waals surface area contributed by atoms with Crippen LogP contribution in [0, 0.1) is 0 Å². The third-order valence-electron chi connectivity index (χ3n) is 3.15. The second-order valence-corrected chi connectivity index (χ2v) is 4.32. The van der Waals surface area contributed by atoms with Crippen LogP contribution in [0.1, 0.15) is 42.2 Å². The number of carbonyl (C=O) groups is 1. The summed E-state index contributed by atoms with van der Waals surface area (Å²) in [6.07, 6.45) is 1.11. The van der Waals surface area contributed by atoms with Gasteiger partial charge in [0, 0.05) is 5.39 Å². The molecule has 2 N–H and O–H groups in total. The Morgan fingerprint density at radius 1 is 1.35 bits per heavy atom. The molecule has 1 unspecified atom stereocenters. The van der Waals surface area contributed by atoms with E-state index < -0.39 is 5.91 Å². The zero-order chi connectivity index (χ0) is 12.4. The van der Waals surface area contributed by atoms with Gasteiger partial charge in [-0.15, -0.1) is 0 Å². The summed E-state index contributed by atoms with van der Waals surface area (Å²) in [5, 5.41) is 1.05. The normalized spacial score (nSPS) is 12.6. The minimum atomic E-state index is -0.488. The van der Waals surface area contributed by atoms with Gasteiger partial charge >= 0.3 is 0 Å². The highest BCUT2D eigenvalue weighted by Gasteiger charge is 2.06. The topological polar surface area (TPSA) is 56.0 Å². The highest BCUT2D eigenvalue weighted by molar-refractivity contribution is 5.93. The van der Waals surface area contributed by atoms with Crippen molar-refractivity contribution in [3.8, 4) is 0 Å². The molecule has 1 amide bonds. The summed E-state index contributed by atoms with van der Waals surface area (Å²) in [5.74, 6) is 0.0492. The van der Waals surface area contributed by atoms with Crippen molar-refractivity contribution >= 4 is 16.8 Å². The molecule has 17 heavy (non-hydrogen) atoms. The quantitative estimate of drug-likeness (QED) is 0.878. The molecule has 1 aromatic carbocycles. The van der Waals surface area contributed by atoms with E-state index in [2.05, 4.69) is 31.0 Å². The van der Waals surface area contributed by atoms with Crippen LogP contribution in [0.2, 0.25) is 0 Å². The number of benzene rings is 1. The van der Waals surface area contributed by atoms with Gasteiger partial charge in [0.2, 0.25) is 0 Å². The SMILES string of the molecule is CCC(C)c1ccc2nc(C(N)=O)ccc2c1. The van der Waals surface area contributed by atoms with Crippen molar-refractivity contribution in [2.75, 3.05) is 0 Å². The van der Waals surface area contributed by atoms with Gasteiger partial charge in [-0.05, 0) is 36.1 Å². The Labute approximate surface area is 101 Å². The lowest BCUT2D eigenvalue weighted by atomic mass is 9.97. The molecule has 0 aliphatic carbocycles. The lowest BCUT2D eigenvalue weighted by Crippen LogP contribution is -2.12. The number of nitrogens with zero attached hydrogens (tertiary/aromatic N) is 1. The maximum absolute atomic E-state index is 11.0.